The summed E-state index contributed by atoms with van der Waals surface area (Å²) < 4.78 is 10.9. The number of hydrogen-bond donors (Lipinski definition) is 1. The van der Waals surface area contributed by atoms with E-state index >= 15 is 0 Å². The van der Waals surface area contributed by atoms with Crippen molar-refractivity contribution in [2.45, 2.75) is 51.5 Å². The maximum Gasteiger partial charge on any atom is 0.249 e. The Bertz CT molecular complexity index is 696. The summed E-state index contributed by atoms with van der Waals surface area (Å²) in [7, 11) is 0. The molecule has 1 fully saturated rings. The highest BCUT2D eigenvalue weighted by Crippen LogP contribution is 2.30. The Morgan fingerprint density at radius 2 is 2.12 bits per heavy atom. The number of aromatic nitrogens is 3. The van der Waals surface area contributed by atoms with Crippen molar-refractivity contribution in [1.29, 1.82) is 0 Å². The molecule has 1 saturated heterocycles. The summed E-state index contributed by atoms with van der Waals surface area (Å²) in [5.41, 5.74) is 0.908. The monoisotopic (exact) mass is 358 g/mol. The minimum Gasteiger partial charge on any atom is -0.381 e. The number of ether oxygens (including phenoxy) is 1. The lowest BCUT2D eigenvalue weighted by molar-refractivity contribution is -0.122. The molecule has 1 atom stereocenters. The Morgan fingerprint density at radius 1 is 1.31 bits per heavy atom. The molecule has 1 amide bonds. The first-order chi connectivity index (χ1) is 12.6. The van der Waals surface area contributed by atoms with Crippen LogP contribution in [0.4, 0.5) is 0 Å². The van der Waals surface area contributed by atoms with Crippen molar-refractivity contribution < 1.29 is 14.1 Å². The minimum absolute atomic E-state index is 0.0311. The van der Waals surface area contributed by atoms with Gasteiger partial charge in [-0.3, -0.25) is 9.78 Å². The van der Waals surface area contributed by atoms with E-state index < -0.39 is 0 Å². The van der Waals surface area contributed by atoms with E-state index in [2.05, 4.69) is 20.4 Å². The van der Waals surface area contributed by atoms with E-state index in [0.29, 0.717) is 37.8 Å². The van der Waals surface area contributed by atoms with Crippen molar-refractivity contribution in [3.05, 3.63) is 41.8 Å². The molecule has 0 spiro atoms. The van der Waals surface area contributed by atoms with Crippen LogP contribution in [0.5, 0.6) is 0 Å². The first-order valence-electron chi connectivity index (χ1n) is 9.24. The minimum atomic E-state index is -0.268. The molecule has 1 aliphatic rings. The van der Waals surface area contributed by atoms with Gasteiger partial charge in [-0.1, -0.05) is 25.1 Å². The van der Waals surface area contributed by atoms with Gasteiger partial charge in [-0.2, -0.15) is 4.98 Å². The zero-order valence-corrected chi connectivity index (χ0v) is 15.4. The molecule has 1 aliphatic heterocycles. The van der Waals surface area contributed by atoms with Crippen LogP contribution in [-0.2, 0) is 16.0 Å². The average molecular weight is 358 g/mol. The molecule has 140 valence electrons. The molecule has 1 N–H and O–H groups in total. The topological polar surface area (TPSA) is 90.1 Å². The van der Waals surface area contributed by atoms with Crippen LogP contribution in [-0.4, -0.2) is 34.2 Å². The van der Waals surface area contributed by atoms with Crippen molar-refractivity contribution in [1.82, 2.24) is 20.4 Å². The van der Waals surface area contributed by atoms with E-state index in [1.54, 1.807) is 6.20 Å². The number of carbonyl (C=O) groups excluding carboxylic acids is 1. The van der Waals surface area contributed by atoms with Crippen LogP contribution in [0.1, 0.15) is 62.5 Å². The van der Waals surface area contributed by atoms with Crippen molar-refractivity contribution in [2.75, 3.05) is 13.2 Å². The number of pyridine rings is 1. The zero-order chi connectivity index (χ0) is 18.4. The maximum atomic E-state index is 12.5. The fourth-order valence-electron chi connectivity index (χ4n) is 3.07. The third-order valence-electron chi connectivity index (χ3n) is 4.63. The SMILES string of the molecule is CC(C)c1noc(C(NC(=O)CCc2ccccn2)C2CCOCC2)n1. The van der Waals surface area contributed by atoms with E-state index in [-0.39, 0.29) is 23.8 Å². The summed E-state index contributed by atoms with van der Waals surface area (Å²) in [5, 5.41) is 7.16. The number of nitrogens with zero attached hydrogens (tertiary/aromatic N) is 3. The third-order valence-corrected chi connectivity index (χ3v) is 4.63. The highest BCUT2D eigenvalue weighted by atomic mass is 16.5. The van der Waals surface area contributed by atoms with Crippen LogP contribution in [0.15, 0.2) is 28.9 Å². The molecule has 2 aromatic rings. The number of hydrogen-bond acceptors (Lipinski definition) is 6. The van der Waals surface area contributed by atoms with Gasteiger partial charge in [-0.05, 0) is 37.3 Å². The Labute approximate surface area is 153 Å². The van der Waals surface area contributed by atoms with Crippen LogP contribution >= 0.6 is 0 Å². The van der Waals surface area contributed by atoms with Crippen molar-refractivity contribution in [3.8, 4) is 0 Å². The van der Waals surface area contributed by atoms with Gasteiger partial charge in [0.15, 0.2) is 5.82 Å². The number of carbonyl (C=O) groups is 1. The van der Waals surface area contributed by atoms with Crippen molar-refractivity contribution in [2.24, 2.45) is 5.92 Å². The van der Waals surface area contributed by atoms with Gasteiger partial charge >= 0.3 is 0 Å². The summed E-state index contributed by atoms with van der Waals surface area (Å²) in [4.78, 5) is 21.3. The zero-order valence-electron chi connectivity index (χ0n) is 15.4. The lowest BCUT2D eigenvalue weighted by Gasteiger charge is -2.28. The van der Waals surface area contributed by atoms with Crippen LogP contribution < -0.4 is 5.32 Å². The second kappa shape index (κ2) is 8.89. The van der Waals surface area contributed by atoms with Gasteiger partial charge < -0.3 is 14.6 Å². The van der Waals surface area contributed by atoms with Gasteiger partial charge in [0, 0.05) is 37.4 Å². The number of aryl methyl sites for hydroxylation is 1. The highest BCUT2D eigenvalue weighted by Gasteiger charge is 2.31. The van der Waals surface area contributed by atoms with E-state index in [1.807, 2.05) is 32.0 Å². The molecular formula is C19H26N4O3. The fourth-order valence-corrected chi connectivity index (χ4v) is 3.07. The van der Waals surface area contributed by atoms with E-state index in [9.17, 15) is 4.79 Å². The standard InChI is InChI=1S/C19H26N4O3/c1-13(2)18-22-19(26-23-18)17(14-8-11-25-12-9-14)21-16(24)7-6-15-5-3-4-10-20-15/h3-5,10,13-14,17H,6-9,11-12H2,1-2H3,(H,21,24). The highest BCUT2D eigenvalue weighted by molar-refractivity contribution is 5.76. The van der Waals surface area contributed by atoms with Crippen LogP contribution in [0, 0.1) is 5.92 Å². The number of rotatable bonds is 7. The normalized spacial score (nSPS) is 16.6. The van der Waals surface area contributed by atoms with Crippen LogP contribution in [0.2, 0.25) is 0 Å². The molecule has 0 aliphatic carbocycles. The lowest BCUT2D eigenvalue weighted by Crippen LogP contribution is -2.36. The smallest absolute Gasteiger partial charge is 0.249 e. The average Bonchev–Trinajstić information content (AvgIpc) is 3.16. The van der Waals surface area contributed by atoms with Gasteiger partial charge in [0.1, 0.15) is 6.04 Å². The molecule has 2 aromatic heterocycles. The second-order valence-corrected chi connectivity index (χ2v) is 6.96. The molecular weight excluding hydrogens is 332 g/mol. The number of amides is 1. The first-order valence-corrected chi connectivity index (χ1v) is 9.24. The molecule has 0 radical (unpaired) electrons. The second-order valence-electron chi connectivity index (χ2n) is 6.96. The van der Waals surface area contributed by atoms with E-state index in [0.717, 1.165) is 18.5 Å². The number of nitrogens with one attached hydrogen (secondary N) is 1. The van der Waals surface area contributed by atoms with Gasteiger partial charge in [0.25, 0.3) is 0 Å². The predicted octanol–water partition coefficient (Wildman–Crippen LogP) is 2.80. The van der Waals surface area contributed by atoms with Gasteiger partial charge in [-0.15, -0.1) is 0 Å². The Hall–Kier alpha value is -2.28. The Kier molecular flexibility index (Phi) is 6.33. The van der Waals surface area contributed by atoms with Crippen LogP contribution in [0.25, 0.3) is 0 Å². The maximum absolute atomic E-state index is 12.5. The molecule has 3 heterocycles. The predicted molar refractivity (Wildman–Crippen MR) is 95.4 cm³/mol. The van der Waals surface area contributed by atoms with Crippen molar-refractivity contribution in [3.63, 3.8) is 0 Å². The molecule has 0 bridgehead atoms. The quantitative estimate of drug-likeness (QED) is 0.818. The largest absolute Gasteiger partial charge is 0.381 e. The summed E-state index contributed by atoms with van der Waals surface area (Å²) in [6.07, 6.45) is 4.45. The van der Waals surface area contributed by atoms with Crippen molar-refractivity contribution >= 4 is 5.91 Å². The molecule has 1 unspecified atom stereocenters. The summed E-state index contributed by atoms with van der Waals surface area (Å²) in [5.74, 6) is 1.55. The van der Waals surface area contributed by atoms with E-state index in [4.69, 9.17) is 9.26 Å². The Morgan fingerprint density at radius 3 is 2.77 bits per heavy atom. The van der Waals surface area contributed by atoms with Gasteiger partial charge in [-0.25, -0.2) is 0 Å². The van der Waals surface area contributed by atoms with E-state index in [1.165, 1.54) is 0 Å². The van der Waals surface area contributed by atoms with Crippen LogP contribution in [0.3, 0.4) is 0 Å². The molecule has 26 heavy (non-hydrogen) atoms. The first kappa shape index (κ1) is 18.5. The molecule has 0 saturated carbocycles. The molecule has 0 aromatic carbocycles. The fraction of sp³-hybridized carbons (Fsp3) is 0.579. The Balaban J connectivity index is 1.67. The summed E-state index contributed by atoms with van der Waals surface area (Å²) in [6.45, 7) is 5.42. The molecule has 3 rings (SSSR count). The lowest BCUT2D eigenvalue weighted by atomic mass is 9.91. The third kappa shape index (κ3) is 4.88. The summed E-state index contributed by atoms with van der Waals surface area (Å²) >= 11 is 0. The molecule has 7 nitrogen and oxygen atoms in total. The van der Waals surface area contributed by atoms with Gasteiger partial charge in [0.05, 0.1) is 0 Å². The summed E-state index contributed by atoms with van der Waals surface area (Å²) in [6, 6.07) is 5.45. The molecule has 7 heteroatoms. The van der Waals surface area contributed by atoms with Gasteiger partial charge in [0.2, 0.25) is 11.8 Å².